The van der Waals surface area contributed by atoms with E-state index in [1.807, 2.05) is 6.92 Å². The standard InChI is InChI=1S/C16H22N2O3/c1-8(15(19)20)13-9(2)17-16(21)18(10(13)3)14(11-4-5-11)12-6-7-12/h8,11-12,14H,4-7H2,1-3H3,(H,19,20). The molecule has 2 aliphatic rings. The molecule has 1 aromatic rings. The van der Waals surface area contributed by atoms with Gasteiger partial charge < -0.3 is 5.11 Å². The zero-order valence-electron chi connectivity index (χ0n) is 12.8. The molecule has 1 N–H and O–H groups in total. The van der Waals surface area contributed by atoms with Gasteiger partial charge in [0.05, 0.1) is 5.92 Å². The van der Waals surface area contributed by atoms with E-state index in [1.54, 1.807) is 18.4 Å². The second kappa shape index (κ2) is 4.97. The molecule has 0 aromatic carbocycles. The van der Waals surface area contributed by atoms with Gasteiger partial charge in [0.15, 0.2) is 0 Å². The number of hydrogen-bond acceptors (Lipinski definition) is 3. The Balaban J connectivity index is 2.13. The van der Waals surface area contributed by atoms with Crippen molar-refractivity contribution in [3.63, 3.8) is 0 Å². The number of hydrogen-bond donors (Lipinski definition) is 1. The van der Waals surface area contributed by atoms with Gasteiger partial charge in [0.1, 0.15) is 0 Å². The van der Waals surface area contributed by atoms with Crippen LogP contribution < -0.4 is 5.69 Å². The smallest absolute Gasteiger partial charge is 0.348 e. The molecular formula is C16H22N2O3. The van der Waals surface area contributed by atoms with E-state index in [9.17, 15) is 14.7 Å². The van der Waals surface area contributed by atoms with Crippen LogP contribution in [-0.2, 0) is 4.79 Å². The Morgan fingerprint density at radius 3 is 2.19 bits per heavy atom. The maximum absolute atomic E-state index is 12.4. The monoisotopic (exact) mass is 290 g/mol. The molecule has 1 heterocycles. The minimum atomic E-state index is -0.873. The largest absolute Gasteiger partial charge is 0.481 e. The Kier molecular flexibility index (Phi) is 3.38. The van der Waals surface area contributed by atoms with Crippen molar-refractivity contribution in [2.24, 2.45) is 11.8 Å². The van der Waals surface area contributed by atoms with Gasteiger partial charge in [-0.25, -0.2) is 4.79 Å². The third-order valence-electron chi connectivity index (χ3n) is 4.92. The number of aryl methyl sites for hydroxylation is 1. The highest BCUT2D eigenvalue weighted by atomic mass is 16.4. The lowest BCUT2D eigenvalue weighted by Gasteiger charge is -2.25. The highest BCUT2D eigenvalue weighted by Crippen LogP contribution is 2.52. The summed E-state index contributed by atoms with van der Waals surface area (Å²) in [5.74, 6) is -0.358. The van der Waals surface area contributed by atoms with E-state index in [-0.39, 0.29) is 11.7 Å². The fraction of sp³-hybridized carbons (Fsp3) is 0.688. The summed E-state index contributed by atoms with van der Waals surface area (Å²) >= 11 is 0. The van der Waals surface area contributed by atoms with Crippen molar-refractivity contribution < 1.29 is 9.90 Å². The summed E-state index contributed by atoms with van der Waals surface area (Å²) in [4.78, 5) is 27.9. The second-order valence-corrected chi connectivity index (χ2v) is 6.57. The molecule has 1 atom stereocenters. The number of rotatable bonds is 5. The van der Waals surface area contributed by atoms with E-state index >= 15 is 0 Å². The van der Waals surface area contributed by atoms with Crippen molar-refractivity contribution in [2.75, 3.05) is 0 Å². The Morgan fingerprint density at radius 2 is 1.76 bits per heavy atom. The topological polar surface area (TPSA) is 72.2 Å². The maximum atomic E-state index is 12.4. The average Bonchev–Trinajstić information content (AvgIpc) is 3.25. The first-order valence-electron chi connectivity index (χ1n) is 7.74. The quantitative estimate of drug-likeness (QED) is 0.904. The van der Waals surface area contributed by atoms with Crippen LogP contribution in [0.3, 0.4) is 0 Å². The van der Waals surface area contributed by atoms with Crippen LogP contribution in [0.25, 0.3) is 0 Å². The van der Waals surface area contributed by atoms with Gasteiger partial charge in [0.2, 0.25) is 0 Å². The molecule has 0 amide bonds. The van der Waals surface area contributed by atoms with Crippen molar-refractivity contribution in [2.45, 2.75) is 58.4 Å². The third kappa shape index (κ3) is 2.49. The number of carboxylic acids is 1. The minimum absolute atomic E-state index is 0.213. The number of aliphatic carboxylic acids is 1. The minimum Gasteiger partial charge on any atom is -0.481 e. The van der Waals surface area contributed by atoms with E-state index in [0.29, 0.717) is 23.1 Å². The molecule has 2 saturated carbocycles. The predicted octanol–water partition coefficient (Wildman–Crippen LogP) is 2.41. The molecule has 0 spiro atoms. The van der Waals surface area contributed by atoms with Gasteiger partial charge in [0, 0.05) is 23.0 Å². The maximum Gasteiger partial charge on any atom is 0.348 e. The van der Waals surface area contributed by atoms with Gasteiger partial charge in [-0.15, -0.1) is 0 Å². The van der Waals surface area contributed by atoms with Crippen LogP contribution in [0.5, 0.6) is 0 Å². The lowest BCUT2D eigenvalue weighted by Crippen LogP contribution is -2.34. The van der Waals surface area contributed by atoms with E-state index in [2.05, 4.69) is 4.98 Å². The van der Waals surface area contributed by atoms with Crippen LogP contribution in [0.2, 0.25) is 0 Å². The molecule has 3 rings (SSSR count). The molecule has 5 nitrogen and oxygen atoms in total. The lowest BCUT2D eigenvalue weighted by molar-refractivity contribution is -0.138. The Morgan fingerprint density at radius 1 is 1.24 bits per heavy atom. The summed E-state index contributed by atoms with van der Waals surface area (Å²) in [5.41, 5.74) is 1.84. The summed E-state index contributed by atoms with van der Waals surface area (Å²) in [6.07, 6.45) is 4.69. The first-order valence-corrected chi connectivity index (χ1v) is 7.74. The zero-order chi connectivity index (χ0) is 15.3. The van der Waals surface area contributed by atoms with E-state index in [1.165, 1.54) is 25.7 Å². The molecule has 114 valence electrons. The summed E-state index contributed by atoms with van der Waals surface area (Å²) in [5, 5.41) is 9.31. The summed E-state index contributed by atoms with van der Waals surface area (Å²) in [6, 6.07) is 0.227. The van der Waals surface area contributed by atoms with Gasteiger partial charge in [0.25, 0.3) is 0 Å². The molecule has 1 unspecified atom stereocenters. The molecule has 0 saturated heterocycles. The lowest BCUT2D eigenvalue weighted by atomic mass is 9.96. The molecular weight excluding hydrogens is 268 g/mol. The average molecular weight is 290 g/mol. The summed E-state index contributed by atoms with van der Waals surface area (Å²) < 4.78 is 1.80. The molecule has 2 aliphatic carbocycles. The van der Waals surface area contributed by atoms with Crippen LogP contribution in [-0.4, -0.2) is 20.6 Å². The number of aromatic nitrogens is 2. The fourth-order valence-corrected chi connectivity index (χ4v) is 3.58. The van der Waals surface area contributed by atoms with Crippen LogP contribution >= 0.6 is 0 Å². The molecule has 2 fully saturated rings. The predicted molar refractivity (Wildman–Crippen MR) is 78.5 cm³/mol. The Bertz CT molecular complexity index is 630. The number of carbonyl (C=O) groups is 1. The first kappa shape index (κ1) is 14.3. The SMILES string of the molecule is Cc1nc(=O)n(C(C2CC2)C2CC2)c(C)c1C(C)C(=O)O. The highest BCUT2D eigenvalue weighted by Gasteiger charge is 2.44. The van der Waals surface area contributed by atoms with Gasteiger partial charge >= 0.3 is 11.7 Å². The van der Waals surface area contributed by atoms with Crippen LogP contribution in [0.15, 0.2) is 4.79 Å². The molecule has 0 bridgehead atoms. The molecule has 0 radical (unpaired) electrons. The van der Waals surface area contributed by atoms with Crippen molar-refractivity contribution in [1.82, 2.24) is 9.55 Å². The highest BCUT2D eigenvalue weighted by molar-refractivity contribution is 5.76. The van der Waals surface area contributed by atoms with E-state index in [4.69, 9.17) is 0 Å². The van der Waals surface area contributed by atoms with Gasteiger partial charge in [-0.05, 0) is 58.3 Å². The number of nitrogens with zero attached hydrogens (tertiary/aromatic N) is 2. The fourth-order valence-electron chi connectivity index (χ4n) is 3.58. The molecule has 0 aliphatic heterocycles. The first-order chi connectivity index (χ1) is 9.91. The zero-order valence-corrected chi connectivity index (χ0v) is 12.8. The summed E-state index contributed by atoms with van der Waals surface area (Å²) in [7, 11) is 0. The summed E-state index contributed by atoms with van der Waals surface area (Å²) in [6.45, 7) is 5.27. The van der Waals surface area contributed by atoms with Gasteiger partial charge in [-0.2, -0.15) is 4.98 Å². The Labute approximate surface area is 124 Å². The molecule has 1 aromatic heterocycles. The second-order valence-electron chi connectivity index (χ2n) is 6.57. The van der Waals surface area contributed by atoms with Gasteiger partial charge in [-0.1, -0.05) is 0 Å². The van der Waals surface area contributed by atoms with E-state index in [0.717, 1.165) is 5.69 Å². The number of carboxylic acid groups (broad SMARTS) is 1. The normalized spacial score (nSPS) is 19.8. The van der Waals surface area contributed by atoms with Crippen LogP contribution in [0, 0.1) is 25.7 Å². The molecule has 5 heteroatoms. The third-order valence-corrected chi connectivity index (χ3v) is 4.92. The van der Waals surface area contributed by atoms with Crippen LogP contribution in [0.1, 0.15) is 61.5 Å². The van der Waals surface area contributed by atoms with Crippen molar-refractivity contribution in [3.05, 3.63) is 27.4 Å². The molecule has 21 heavy (non-hydrogen) atoms. The van der Waals surface area contributed by atoms with Crippen LogP contribution in [0.4, 0.5) is 0 Å². The van der Waals surface area contributed by atoms with Gasteiger partial charge in [-0.3, -0.25) is 9.36 Å². The van der Waals surface area contributed by atoms with Crippen molar-refractivity contribution in [1.29, 1.82) is 0 Å². The Hall–Kier alpha value is -1.65. The van der Waals surface area contributed by atoms with Crippen molar-refractivity contribution >= 4 is 5.97 Å². The van der Waals surface area contributed by atoms with Crippen molar-refractivity contribution in [3.8, 4) is 0 Å². The van der Waals surface area contributed by atoms with E-state index < -0.39 is 11.9 Å².